The molecule has 2 aromatic carbocycles. The predicted octanol–water partition coefficient (Wildman–Crippen LogP) is 3.91. The normalized spacial score (nSPS) is 11.1. The van der Waals surface area contributed by atoms with E-state index in [1.165, 1.54) is 31.3 Å². The molecule has 0 unspecified atom stereocenters. The van der Waals surface area contributed by atoms with Crippen LogP contribution < -0.4 is 5.32 Å². The summed E-state index contributed by atoms with van der Waals surface area (Å²) in [6.45, 7) is -0.276. The molecule has 0 spiro atoms. The first-order valence-electron chi connectivity index (χ1n) is 8.06. The Balaban J connectivity index is 1.92. The standard InChI is InChI=1S/C18H17Cl3N2O4S/c1-23(11-16(24)22-18-14(20)3-2-4-15(18)21)17(25)9-10-28(26,27)13-7-5-12(19)6-8-13/h2-8H,9-11H2,1H3,(H,22,24). The summed E-state index contributed by atoms with van der Waals surface area (Å²) in [6, 6.07) is 10.5. The molecule has 1 N–H and O–H groups in total. The molecule has 10 heteroatoms. The van der Waals surface area contributed by atoms with Crippen LogP contribution in [0.5, 0.6) is 0 Å². The van der Waals surface area contributed by atoms with Gasteiger partial charge in [0, 0.05) is 18.5 Å². The summed E-state index contributed by atoms with van der Waals surface area (Å²) >= 11 is 17.7. The monoisotopic (exact) mass is 462 g/mol. The van der Waals surface area contributed by atoms with Crippen molar-refractivity contribution in [1.29, 1.82) is 0 Å². The first-order valence-corrected chi connectivity index (χ1v) is 10.8. The summed E-state index contributed by atoms with van der Waals surface area (Å²) in [7, 11) is -2.23. The number of hydrogen-bond donors (Lipinski definition) is 1. The number of likely N-dealkylation sites (N-methyl/N-ethyl adjacent to an activating group) is 1. The Bertz CT molecular complexity index is 959. The SMILES string of the molecule is CN(CC(=O)Nc1c(Cl)cccc1Cl)C(=O)CCS(=O)(=O)c1ccc(Cl)cc1. The maximum atomic E-state index is 12.3. The molecule has 0 saturated heterocycles. The fraction of sp³-hybridized carbons (Fsp3) is 0.222. The van der Waals surface area contributed by atoms with Gasteiger partial charge in [-0.05, 0) is 36.4 Å². The number of anilines is 1. The smallest absolute Gasteiger partial charge is 0.244 e. The maximum Gasteiger partial charge on any atom is 0.244 e. The van der Waals surface area contributed by atoms with Gasteiger partial charge in [-0.25, -0.2) is 8.42 Å². The average Bonchev–Trinajstić information content (AvgIpc) is 2.63. The van der Waals surface area contributed by atoms with Crippen LogP contribution in [0.4, 0.5) is 5.69 Å². The molecule has 28 heavy (non-hydrogen) atoms. The van der Waals surface area contributed by atoms with Gasteiger partial charge in [-0.3, -0.25) is 9.59 Å². The molecule has 0 bridgehead atoms. The molecule has 0 aromatic heterocycles. The lowest BCUT2D eigenvalue weighted by molar-refractivity contribution is -0.132. The molecule has 6 nitrogen and oxygen atoms in total. The Morgan fingerprint density at radius 3 is 2.14 bits per heavy atom. The van der Waals surface area contributed by atoms with Crippen LogP contribution in [0.15, 0.2) is 47.4 Å². The van der Waals surface area contributed by atoms with E-state index >= 15 is 0 Å². The van der Waals surface area contributed by atoms with Crippen LogP contribution in [0.3, 0.4) is 0 Å². The van der Waals surface area contributed by atoms with Gasteiger partial charge in [0.1, 0.15) is 0 Å². The van der Waals surface area contributed by atoms with Crippen LogP contribution in [-0.4, -0.2) is 44.5 Å². The fourth-order valence-corrected chi connectivity index (χ4v) is 4.12. The molecular formula is C18H17Cl3N2O4S. The van der Waals surface area contributed by atoms with E-state index in [2.05, 4.69) is 5.32 Å². The van der Waals surface area contributed by atoms with E-state index < -0.39 is 21.7 Å². The summed E-state index contributed by atoms with van der Waals surface area (Å²) in [5, 5.41) is 3.49. The summed E-state index contributed by atoms with van der Waals surface area (Å²) in [5.74, 6) is -1.38. The number of carbonyl (C=O) groups is 2. The first-order chi connectivity index (χ1) is 13.1. The van der Waals surface area contributed by atoms with E-state index in [-0.39, 0.29) is 39.3 Å². The Morgan fingerprint density at radius 1 is 1.00 bits per heavy atom. The van der Waals surface area contributed by atoms with Crippen molar-refractivity contribution in [3.8, 4) is 0 Å². The molecule has 0 aliphatic carbocycles. The van der Waals surface area contributed by atoms with Crippen LogP contribution in [-0.2, 0) is 19.4 Å². The van der Waals surface area contributed by atoms with E-state index in [0.29, 0.717) is 5.02 Å². The molecule has 2 amide bonds. The number of nitrogens with zero attached hydrogens (tertiary/aromatic N) is 1. The Morgan fingerprint density at radius 2 is 1.57 bits per heavy atom. The zero-order valence-electron chi connectivity index (χ0n) is 14.8. The van der Waals surface area contributed by atoms with Crippen molar-refractivity contribution in [2.24, 2.45) is 0 Å². The van der Waals surface area contributed by atoms with Crippen molar-refractivity contribution >= 4 is 62.1 Å². The van der Waals surface area contributed by atoms with Gasteiger partial charge in [0.25, 0.3) is 0 Å². The number of benzene rings is 2. The van der Waals surface area contributed by atoms with Crippen molar-refractivity contribution in [3.63, 3.8) is 0 Å². The molecule has 150 valence electrons. The molecule has 2 rings (SSSR count). The number of amides is 2. The Labute approximate surface area is 178 Å². The summed E-state index contributed by atoms with van der Waals surface area (Å²) in [4.78, 5) is 25.6. The molecule has 0 aliphatic rings. The molecule has 0 heterocycles. The van der Waals surface area contributed by atoms with Crippen LogP contribution in [0.2, 0.25) is 15.1 Å². The molecule has 0 atom stereocenters. The van der Waals surface area contributed by atoms with Gasteiger partial charge in [-0.1, -0.05) is 40.9 Å². The first kappa shape index (κ1) is 22.5. The highest BCUT2D eigenvalue weighted by molar-refractivity contribution is 7.91. The number of rotatable bonds is 7. The largest absolute Gasteiger partial charge is 0.336 e. The van der Waals surface area contributed by atoms with Crippen molar-refractivity contribution < 1.29 is 18.0 Å². The summed E-state index contributed by atoms with van der Waals surface area (Å²) in [5.41, 5.74) is 0.252. The van der Waals surface area contributed by atoms with Gasteiger partial charge in [0.15, 0.2) is 9.84 Å². The van der Waals surface area contributed by atoms with E-state index in [4.69, 9.17) is 34.8 Å². The van der Waals surface area contributed by atoms with Crippen molar-refractivity contribution in [1.82, 2.24) is 4.90 Å². The zero-order chi connectivity index (χ0) is 20.9. The molecule has 0 fully saturated rings. The highest BCUT2D eigenvalue weighted by atomic mass is 35.5. The highest BCUT2D eigenvalue weighted by Crippen LogP contribution is 2.29. The summed E-state index contributed by atoms with van der Waals surface area (Å²) in [6.07, 6.45) is -0.262. The minimum atomic E-state index is -3.64. The second kappa shape index (κ2) is 9.60. The van der Waals surface area contributed by atoms with Gasteiger partial charge in [0.05, 0.1) is 32.9 Å². The lowest BCUT2D eigenvalue weighted by Gasteiger charge is -2.17. The van der Waals surface area contributed by atoms with E-state index in [1.54, 1.807) is 18.2 Å². The van der Waals surface area contributed by atoms with Gasteiger partial charge in [-0.2, -0.15) is 0 Å². The molecule has 0 aliphatic heterocycles. The van der Waals surface area contributed by atoms with Crippen molar-refractivity contribution in [3.05, 3.63) is 57.5 Å². The van der Waals surface area contributed by atoms with Gasteiger partial charge in [0.2, 0.25) is 11.8 Å². The van der Waals surface area contributed by atoms with Crippen LogP contribution in [0.25, 0.3) is 0 Å². The minimum Gasteiger partial charge on any atom is -0.336 e. The zero-order valence-corrected chi connectivity index (χ0v) is 17.9. The van der Waals surface area contributed by atoms with Crippen molar-refractivity contribution in [2.75, 3.05) is 24.7 Å². The number of para-hydroxylation sites is 1. The lowest BCUT2D eigenvalue weighted by Crippen LogP contribution is -2.35. The third-order valence-corrected chi connectivity index (χ3v) is 6.41. The van der Waals surface area contributed by atoms with Gasteiger partial charge < -0.3 is 10.2 Å². The lowest BCUT2D eigenvalue weighted by atomic mass is 10.3. The molecular weight excluding hydrogens is 447 g/mol. The third-order valence-electron chi connectivity index (χ3n) is 3.79. The van der Waals surface area contributed by atoms with Gasteiger partial charge >= 0.3 is 0 Å². The van der Waals surface area contributed by atoms with Crippen molar-refractivity contribution in [2.45, 2.75) is 11.3 Å². The summed E-state index contributed by atoms with van der Waals surface area (Å²) < 4.78 is 24.6. The van der Waals surface area contributed by atoms with E-state index in [9.17, 15) is 18.0 Å². The number of halogens is 3. The predicted molar refractivity (Wildman–Crippen MR) is 111 cm³/mol. The second-order valence-electron chi connectivity index (χ2n) is 5.92. The Hall–Kier alpha value is -1.80. The number of sulfone groups is 1. The fourth-order valence-electron chi connectivity index (χ4n) is 2.27. The number of carbonyl (C=O) groups excluding carboxylic acids is 2. The van der Waals surface area contributed by atoms with Crippen LogP contribution in [0, 0.1) is 0 Å². The van der Waals surface area contributed by atoms with Crippen LogP contribution >= 0.6 is 34.8 Å². The quantitative estimate of drug-likeness (QED) is 0.675. The molecule has 2 aromatic rings. The third kappa shape index (κ3) is 6.10. The van der Waals surface area contributed by atoms with E-state index in [1.807, 2.05) is 0 Å². The topological polar surface area (TPSA) is 83.6 Å². The Kier molecular flexibility index (Phi) is 7.71. The molecule has 0 saturated carbocycles. The minimum absolute atomic E-state index is 0.0819. The number of nitrogens with one attached hydrogen (secondary N) is 1. The molecule has 0 radical (unpaired) electrons. The maximum absolute atomic E-state index is 12.3. The van der Waals surface area contributed by atoms with Crippen LogP contribution in [0.1, 0.15) is 6.42 Å². The number of hydrogen-bond acceptors (Lipinski definition) is 4. The average molecular weight is 464 g/mol. The second-order valence-corrected chi connectivity index (χ2v) is 9.28. The highest BCUT2D eigenvalue weighted by Gasteiger charge is 2.20. The van der Waals surface area contributed by atoms with E-state index in [0.717, 1.165) is 4.90 Å². The van der Waals surface area contributed by atoms with Gasteiger partial charge in [-0.15, -0.1) is 0 Å².